The van der Waals surface area contributed by atoms with E-state index in [1.807, 2.05) is 0 Å². The molecule has 0 bridgehead atoms. The zero-order valence-electron chi connectivity index (χ0n) is 57.8. The van der Waals surface area contributed by atoms with Crippen molar-refractivity contribution in [3.05, 3.63) is 0 Å². The molecule has 0 aromatic heterocycles. The third-order valence-electron chi connectivity index (χ3n) is 18.0. The van der Waals surface area contributed by atoms with Gasteiger partial charge in [-0.15, -0.1) is 19.8 Å². The topological polar surface area (TPSA) is 69.2 Å². The second kappa shape index (κ2) is 92.6. The fourth-order valence-electron chi connectivity index (χ4n) is 12.2. The van der Waals surface area contributed by atoms with Crippen LogP contribution < -0.4 is 15.3 Å². The smallest absolute Gasteiger partial charge is 0.854 e. The first-order valence-corrected chi connectivity index (χ1v) is 39.0. The first kappa shape index (κ1) is 88.8. The first-order chi connectivity index (χ1) is 40.2. The molecule has 0 rings (SSSR count). The molecule has 0 saturated carbocycles. The molecule has 0 saturated heterocycles. The van der Waals surface area contributed by atoms with Crippen LogP contribution in [0, 0.1) is 0 Å². The maximum atomic E-state index is 10.3. The Morgan fingerprint density at radius 1 is 0.110 bits per heavy atom. The van der Waals surface area contributed by atoms with E-state index in [2.05, 4.69) is 20.8 Å². The molecule has 0 heterocycles. The molecule has 0 amide bonds. The summed E-state index contributed by atoms with van der Waals surface area (Å²) in [5, 5.41) is 31.0. The van der Waals surface area contributed by atoms with Crippen LogP contribution in [0.25, 0.3) is 0 Å². The normalized spacial score (nSPS) is 11.2. The van der Waals surface area contributed by atoms with Crippen LogP contribution in [0.4, 0.5) is 0 Å². The zero-order chi connectivity index (χ0) is 59.0. The zero-order valence-corrected chi connectivity index (χ0v) is 59.0. The van der Waals surface area contributed by atoms with Gasteiger partial charge in [0.25, 0.3) is 0 Å². The fraction of sp³-hybridized carbons (Fsp3) is 1.00. The number of rotatable bonds is 72. The van der Waals surface area contributed by atoms with Crippen LogP contribution in [0.15, 0.2) is 0 Å². The van der Waals surface area contributed by atoms with E-state index in [9.17, 15) is 15.3 Å². The first-order valence-electron chi connectivity index (χ1n) is 39.0. The number of unbranched alkanes of at least 4 members (excludes halogenated alkanes) is 69. The van der Waals surface area contributed by atoms with Crippen molar-refractivity contribution in [3.8, 4) is 0 Å². The standard InChI is InChI=1S/3C26H53O.Al/c3*1-2-3-4-5-6-7-8-9-10-11-12-13-14-15-16-17-18-19-20-21-22-23-24-25-26-27;/h3*2-26H2,1H3;/q3*-1;+3. The van der Waals surface area contributed by atoms with Crippen molar-refractivity contribution < 1.29 is 15.3 Å². The van der Waals surface area contributed by atoms with Gasteiger partial charge in [0, 0.05) is 0 Å². The van der Waals surface area contributed by atoms with Crippen molar-refractivity contribution in [2.75, 3.05) is 19.8 Å². The Bertz CT molecular complexity index is 770. The molecule has 0 aromatic rings. The summed E-state index contributed by atoms with van der Waals surface area (Å²) >= 11 is 0. The summed E-state index contributed by atoms with van der Waals surface area (Å²) in [4.78, 5) is 0. The van der Waals surface area contributed by atoms with Crippen LogP contribution in [-0.2, 0) is 0 Å². The van der Waals surface area contributed by atoms with E-state index in [0.29, 0.717) is 0 Å². The van der Waals surface area contributed by atoms with Crippen LogP contribution in [0.2, 0.25) is 0 Å². The minimum atomic E-state index is 0. The maximum Gasteiger partial charge on any atom is 3.00 e. The molecule has 0 fully saturated rings. The maximum absolute atomic E-state index is 10.3. The molecule has 0 spiro atoms. The van der Waals surface area contributed by atoms with Gasteiger partial charge in [-0.05, 0) is 0 Å². The molecule has 4 heteroatoms. The van der Waals surface area contributed by atoms with Gasteiger partial charge in [-0.3, -0.25) is 0 Å². The third kappa shape index (κ3) is 96.7. The molecular weight excluding hydrogens is 1010 g/mol. The molecule has 0 atom stereocenters. The summed E-state index contributed by atoms with van der Waals surface area (Å²) in [5.41, 5.74) is 0. The summed E-state index contributed by atoms with van der Waals surface area (Å²) in [7, 11) is 0. The van der Waals surface area contributed by atoms with Crippen molar-refractivity contribution in [1.29, 1.82) is 0 Å². The summed E-state index contributed by atoms with van der Waals surface area (Å²) in [6.07, 6.45) is 101. The molecule has 492 valence electrons. The van der Waals surface area contributed by atoms with Crippen LogP contribution in [0.3, 0.4) is 0 Å². The largest absolute Gasteiger partial charge is 3.00 e. The van der Waals surface area contributed by atoms with Crippen LogP contribution in [0.5, 0.6) is 0 Å². The summed E-state index contributed by atoms with van der Waals surface area (Å²) in [5.74, 6) is 0. The molecule has 0 unspecified atom stereocenters. The second-order valence-corrected chi connectivity index (χ2v) is 26.5. The minimum absolute atomic E-state index is 0. The van der Waals surface area contributed by atoms with Crippen molar-refractivity contribution in [2.24, 2.45) is 0 Å². The third-order valence-corrected chi connectivity index (χ3v) is 18.0. The van der Waals surface area contributed by atoms with E-state index in [1.165, 1.54) is 424 Å². The average molecular weight is 1170 g/mol. The number of hydrogen-bond acceptors (Lipinski definition) is 3. The van der Waals surface area contributed by atoms with Gasteiger partial charge in [-0.1, -0.05) is 483 Å². The Balaban J connectivity index is -0.000000553. The van der Waals surface area contributed by atoms with Gasteiger partial charge < -0.3 is 15.3 Å². The Kier molecular flexibility index (Phi) is 100. The van der Waals surface area contributed by atoms with Gasteiger partial charge in [0.1, 0.15) is 0 Å². The molecule has 0 aliphatic carbocycles. The minimum Gasteiger partial charge on any atom is -0.854 e. The SMILES string of the molecule is CCCCCCCCCCCCCCCCCCCCCCCCCC[O-].CCCCCCCCCCCCCCCCCCCCCCCCCC[O-].CCCCCCCCCCCCCCCCCCCCCCCCCC[O-].[Al+3]. The van der Waals surface area contributed by atoms with Crippen molar-refractivity contribution in [2.45, 2.75) is 483 Å². The van der Waals surface area contributed by atoms with Crippen molar-refractivity contribution in [3.63, 3.8) is 0 Å². The molecule has 0 radical (unpaired) electrons. The van der Waals surface area contributed by atoms with E-state index in [0.717, 1.165) is 38.5 Å². The molecule has 3 nitrogen and oxygen atoms in total. The fourth-order valence-corrected chi connectivity index (χ4v) is 12.2. The Morgan fingerprint density at radius 2 is 0.171 bits per heavy atom. The van der Waals surface area contributed by atoms with E-state index in [1.54, 1.807) is 0 Å². The Labute approximate surface area is 532 Å². The van der Waals surface area contributed by atoms with E-state index in [-0.39, 0.29) is 37.2 Å². The molecule has 0 aliphatic heterocycles. The summed E-state index contributed by atoms with van der Waals surface area (Å²) in [6, 6.07) is 0. The average Bonchev–Trinajstić information content (AvgIpc) is 3.48. The van der Waals surface area contributed by atoms with Gasteiger partial charge in [0.15, 0.2) is 0 Å². The van der Waals surface area contributed by atoms with E-state index in [4.69, 9.17) is 0 Å². The van der Waals surface area contributed by atoms with Crippen LogP contribution >= 0.6 is 0 Å². The molecule has 0 N–H and O–H groups in total. The van der Waals surface area contributed by atoms with Gasteiger partial charge in [-0.2, -0.15) is 0 Å². The van der Waals surface area contributed by atoms with Crippen molar-refractivity contribution >= 4 is 17.4 Å². The number of hydrogen-bond donors (Lipinski definition) is 0. The van der Waals surface area contributed by atoms with E-state index < -0.39 is 0 Å². The van der Waals surface area contributed by atoms with Gasteiger partial charge in [-0.25, -0.2) is 0 Å². The van der Waals surface area contributed by atoms with Gasteiger partial charge >= 0.3 is 17.4 Å². The van der Waals surface area contributed by atoms with Crippen LogP contribution in [0.1, 0.15) is 483 Å². The quantitative estimate of drug-likeness (QED) is 0.0450. The van der Waals surface area contributed by atoms with Crippen molar-refractivity contribution in [1.82, 2.24) is 0 Å². The van der Waals surface area contributed by atoms with Gasteiger partial charge in [0.2, 0.25) is 0 Å². The monoisotopic (exact) mass is 1170 g/mol. The predicted octanol–water partition coefficient (Wildman–Crippen LogP) is 25.8. The van der Waals surface area contributed by atoms with Gasteiger partial charge in [0.05, 0.1) is 0 Å². The molecule has 0 aliphatic rings. The molecule has 82 heavy (non-hydrogen) atoms. The molecule has 0 aromatic carbocycles. The second-order valence-electron chi connectivity index (χ2n) is 26.5. The van der Waals surface area contributed by atoms with Crippen LogP contribution in [-0.4, -0.2) is 37.2 Å². The summed E-state index contributed by atoms with van der Waals surface area (Å²) in [6.45, 7) is 7.26. The van der Waals surface area contributed by atoms with E-state index >= 15 is 0 Å². The Morgan fingerprint density at radius 3 is 0.232 bits per heavy atom. The summed E-state index contributed by atoms with van der Waals surface area (Å²) < 4.78 is 0. The molecular formula is C78H159AlO3. The Hall–Kier alpha value is 0.412. The predicted molar refractivity (Wildman–Crippen MR) is 370 cm³/mol.